The molecule has 1 atom stereocenters. The average Bonchev–Trinajstić information content (AvgIpc) is 3.01. The molecule has 0 aliphatic carbocycles. The van der Waals surface area contributed by atoms with Crippen LogP contribution in [-0.2, 0) is 0 Å². The molecule has 2 fully saturated rings. The Morgan fingerprint density at radius 1 is 1.27 bits per heavy atom. The van der Waals surface area contributed by atoms with Crippen molar-refractivity contribution in [3.8, 4) is 0 Å². The summed E-state index contributed by atoms with van der Waals surface area (Å²) < 4.78 is 13.1. The summed E-state index contributed by atoms with van der Waals surface area (Å²) in [7, 11) is 0. The smallest absolute Gasteiger partial charge is 0.254 e. The van der Waals surface area contributed by atoms with Crippen molar-refractivity contribution in [3.05, 3.63) is 35.1 Å². The molecule has 22 heavy (non-hydrogen) atoms. The number of carbonyl (C=O) groups is 1. The first-order valence-electron chi connectivity index (χ1n) is 7.65. The van der Waals surface area contributed by atoms with Gasteiger partial charge in [0, 0.05) is 44.3 Å². The number of rotatable bonds is 2. The molecule has 1 unspecified atom stereocenters. The maximum atomic E-state index is 13.1. The minimum absolute atomic E-state index is 0. The Balaban J connectivity index is 0.00000176. The third-order valence-electron chi connectivity index (χ3n) is 4.57. The molecule has 1 amide bonds. The van der Waals surface area contributed by atoms with Gasteiger partial charge in [-0.05, 0) is 43.7 Å². The Kier molecular flexibility index (Phi) is 5.78. The molecule has 6 heteroatoms. The average molecular weight is 328 g/mol. The summed E-state index contributed by atoms with van der Waals surface area (Å²) in [5.74, 6) is -0.265. The predicted molar refractivity (Wildman–Crippen MR) is 87.1 cm³/mol. The van der Waals surface area contributed by atoms with Crippen molar-refractivity contribution < 1.29 is 9.18 Å². The maximum Gasteiger partial charge on any atom is 0.254 e. The summed E-state index contributed by atoms with van der Waals surface area (Å²) in [6.45, 7) is 7.31. The summed E-state index contributed by atoms with van der Waals surface area (Å²) in [4.78, 5) is 16.9. The van der Waals surface area contributed by atoms with E-state index in [4.69, 9.17) is 0 Å². The van der Waals surface area contributed by atoms with Crippen LogP contribution in [0.2, 0.25) is 0 Å². The molecule has 2 saturated heterocycles. The van der Waals surface area contributed by atoms with Crippen molar-refractivity contribution in [2.24, 2.45) is 0 Å². The second-order valence-electron chi connectivity index (χ2n) is 5.93. The fourth-order valence-corrected chi connectivity index (χ4v) is 3.28. The van der Waals surface area contributed by atoms with E-state index >= 15 is 0 Å². The Labute approximate surface area is 137 Å². The first-order valence-corrected chi connectivity index (χ1v) is 7.65. The van der Waals surface area contributed by atoms with Crippen molar-refractivity contribution in [1.82, 2.24) is 15.1 Å². The van der Waals surface area contributed by atoms with E-state index in [1.165, 1.54) is 18.6 Å². The number of aryl methyl sites for hydroxylation is 1. The lowest BCUT2D eigenvalue weighted by atomic mass is 10.1. The molecule has 122 valence electrons. The van der Waals surface area contributed by atoms with Gasteiger partial charge in [0.15, 0.2) is 0 Å². The van der Waals surface area contributed by atoms with Gasteiger partial charge in [-0.2, -0.15) is 0 Å². The van der Waals surface area contributed by atoms with Crippen LogP contribution in [0.5, 0.6) is 0 Å². The fraction of sp³-hybridized carbons (Fsp3) is 0.562. The Morgan fingerprint density at radius 2 is 2.00 bits per heavy atom. The minimum Gasteiger partial charge on any atom is -0.336 e. The van der Waals surface area contributed by atoms with Crippen molar-refractivity contribution in [1.29, 1.82) is 0 Å². The van der Waals surface area contributed by atoms with Gasteiger partial charge < -0.3 is 10.2 Å². The number of piperazine rings is 1. The summed E-state index contributed by atoms with van der Waals surface area (Å²) in [6, 6.07) is 5.00. The largest absolute Gasteiger partial charge is 0.336 e. The second-order valence-corrected chi connectivity index (χ2v) is 5.93. The first kappa shape index (κ1) is 17.2. The van der Waals surface area contributed by atoms with Gasteiger partial charge in [-0.1, -0.05) is 0 Å². The first-order chi connectivity index (χ1) is 10.1. The third kappa shape index (κ3) is 3.59. The standard InChI is InChI=1S/C16H22FN3O.ClH/c1-12-10-13(17)2-3-15(12)16(21)20-8-6-19(7-9-20)14-4-5-18-11-14;/h2-3,10,14,18H,4-9,11H2,1H3;1H. The lowest BCUT2D eigenvalue weighted by molar-refractivity contribution is 0.0583. The Morgan fingerprint density at radius 3 is 2.59 bits per heavy atom. The number of nitrogens with one attached hydrogen (secondary N) is 1. The second kappa shape index (κ2) is 7.40. The van der Waals surface area contributed by atoms with Gasteiger partial charge in [0.05, 0.1) is 0 Å². The van der Waals surface area contributed by atoms with E-state index in [1.807, 2.05) is 4.90 Å². The Hall–Kier alpha value is -1.17. The lowest BCUT2D eigenvalue weighted by Gasteiger charge is -2.38. The van der Waals surface area contributed by atoms with E-state index in [1.54, 1.807) is 13.0 Å². The van der Waals surface area contributed by atoms with E-state index < -0.39 is 0 Å². The number of benzene rings is 1. The number of carbonyl (C=O) groups excluding carboxylic acids is 1. The summed E-state index contributed by atoms with van der Waals surface area (Å²) in [5.41, 5.74) is 1.33. The summed E-state index contributed by atoms with van der Waals surface area (Å²) in [6.07, 6.45) is 1.20. The van der Waals surface area contributed by atoms with E-state index in [2.05, 4.69) is 10.2 Å². The molecular weight excluding hydrogens is 305 g/mol. The Bertz CT molecular complexity index is 526. The number of amides is 1. The van der Waals surface area contributed by atoms with Gasteiger partial charge in [-0.15, -0.1) is 12.4 Å². The molecule has 0 radical (unpaired) electrons. The predicted octanol–water partition coefficient (Wildman–Crippen LogP) is 1.68. The molecule has 2 aliphatic heterocycles. The van der Waals surface area contributed by atoms with Gasteiger partial charge in [0.2, 0.25) is 0 Å². The van der Waals surface area contributed by atoms with E-state index in [0.29, 0.717) is 17.2 Å². The fourth-order valence-electron chi connectivity index (χ4n) is 3.28. The summed E-state index contributed by atoms with van der Waals surface area (Å²) >= 11 is 0. The molecule has 0 spiro atoms. The van der Waals surface area contributed by atoms with Crippen LogP contribution in [0.3, 0.4) is 0 Å². The summed E-state index contributed by atoms with van der Waals surface area (Å²) in [5, 5.41) is 3.38. The molecule has 3 rings (SSSR count). The molecule has 1 aromatic carbocycles. The zero-order chi connectivity index (χ0) is 14.8. The van der Waals surface area contributed by atoms with E-state index in [0.717, 1.165) is 39.3 Å². The van der Waals surface area contributed by atoms with Crippen LogP contribution >= 0.6 is 12.4 Å². The normalized spacial score (nSPS) is 22.5. The van der Waals surface area contributed by atoms with Crippen LogP contribution in [0.4, 0.5) is 4.39 Å². The highest BCUT2D eigenvalue weighted by atomic mass is 35.5. The van der Waals surface area contributed by atoms with Gasteiger partial charge in [0.25, 0.3) is 5.91 Å². The van der Waals surface area contributed by atoms with Crippen LogP contribution in [0.1, 0.15) is 22.3 Å². The van der Waals surface area contributed by atoms with E-state index in [-0.39, 0.29) is 24.1 Å². The lowest BCUT2D eigenvalue weighted by Crippen LogP contribution is -2.52. The highest BCUT2D eigenvalue weighted by Crippen LogP contribution is 2.16. The number of halogens is 2. The van der Waals surface area contributed by atoms with Gasteiger partial charge in [-0.3, -0.25) is 9.69 Å². The topological polar surface area (TPSA) is 35.6 Å². The monoisotopic (exact) mass is 327 g/mol. The molecule has 2 aliphatic rings. The van der Waals surface area contributed by atoms with Gasteiger partial charge >= 0.3 is 0 Å². The molecule has 2 heterocycles. The van der Waals surface area contributed by atoms with Crippen LogP contribution in [-0.4, -0.2) is 61.0 Å². The zero-order valence-electron chi connectivity index (χ0n) is 12.8. The van der Waals surface area contributed by atoms with Crippen molar-refractivity contribution >= 4 is 18.3 Å². The minimum atomic E-state index is -0.289. The highest BCUT2D eigenvalue weighted by Gasteiger charge is 2.28. The number of nitrogens with zero attached hydrogens (tertiary/aromatic N) is 2. The SMILES string of the molecule is Cc1cc(F)ccc1C(=O)N1CCN(C2CCNC2)CC1.Cl. The molecule has 0 aromatic heterocycles. The molecule has 4 nitrogen and oxygen atoms in total. The quantitative estimate of drug-likeness (QED) is 0.897. The van der Waals surface area contributed by atoms with Crippen LogP contribution in [0, 0.1) is 12.7 Å². The molecule has 0 saturated carbocycles. The van der Waals surface area contributed by atoms with Crippen molar-refractivity contribution in [3.63, 3.8) is 0 Å². The van der Waals surface area contributed by atoms with E-state index in [9.17, 15) is 9.18 Å². The zero-order valence-corrected chi connectivity index (χ0v) is 13.7. The number of hydrogen-bond acceptors (Lipinski definition) is 3. The maximum absolute atomic E-state index is 13.1. The molecule has 0 bridgehead atoms. The van der Waals surface area contributed by atoms with Crippen molar-refractivity contribution in [2.45, 2.75) is 19.4 Å². The van der Waals surface area contributed by atoms with Gasteiger partial charge in [0.1, 0.15) is 5.82 Å². The van der Waals surface area contributed by atoms with Gasteiger partial charge in [-0.25, -0.2) is 4.39 Å². The number of hydrogen-bond donors (Lipinski definition) is 1. The molecule has 1 N–H and O–H groups in total. The van der Waals surface area contributed by atoms with Crippen LogP contribution < -0.4 is 5.32 Å². The van der Waals surface area contributed by atoms with Crippen LogP contribution in [0.25, 0.3) is 0 Å². The molecular formula is C16H23ClFN3O. The molecule has 1 aromatic rings. The van der Waals surface area contributed by atoms with Crippen LogP contribution in [0.15, 0.2) is 18.2 Å². The third-order valence-corrected chi connectivity index (χ3v) is 4.57. The highest BCUT2D eigenvalue weighted by molar-refractivity contribution is 5.95. The van der Waals surface area contributed by atoms with Crippen molar-refractivity contribution in [2.75, 3.05) is 39.3 Å².